The summed E-state index contributed by atoms with van der Waals surface area (Å²) in [7, 11) is 0. The van der Waals surface area contributed by atoms with Crippen molar-refractivity contribution < 1.29 is 14.7 Å². The summed E-state index contributed by atoms with van der Waals surface area (Å²) in [6, 6.07) is -0.287. The first kappa shape index (κ1) is 15.0. The number of nitrogens with one attached hydrogen (secondary N) is 1. The summed E-state index contributed by atoms with van der Waals surface area (Å²) in [5, 5.41) is 12.1. The summed E-state index contributed by atoms with van der Waals surface area (Å²) in [6.45, 7) is 10.5. The van der Waals surface area contributed by atoms with Gasteiger partial charge in [0.25, 0.3) is 0 Å². The van der Waals surface area contributed by atoms with Crippen molar-refractivity contribution in [2.24, 2.45) is 5.41 Å². The molecule has 1 saturated heterocycles. The number of hydrogen-bond donors (Lipinski definition) is 2. The lowest BCUT2D eigenvalue weighted by Crippen LogP contribution is -2.51. The van der Waals surface area contributed by atoms with Gasteiger partial charge in [0, 0.05) is 18.6 Å². The Bertz CT molecular complexity index is 349. The number of carbonyl (C=O) groups is 2. The molecule has 0 aromatic heterocycles. The van der Waals surface area contributed by atoms with Gasteiger partial charge in [-0.3, -0.25) is 14.5 Å². The van der Waals surface area contributed by atoms with Gasteiger partial charge in [-0.15, -0.1) is 0 Å². The molecule has 1 aliphatic heterocycles. The van der Waals surface area contributed by atoms with Gasteiger partial charge in [-0.1, -0.05) is 0 Å². The number of likely N-dealkylation sites (tertiary alicyclic amines) is 1. The van der Waals surface area contributed by atoms with E-state index in [1.165, 1.54) is 0 Å². The van der Waals surface area contributed by atoms with Gasteiger partial charge in [0.2, 0.25) is 5.91 Å². The predicted octanol–water partition coefficient (Wildman–Crippen LogP) is 1.09. The summed E-state index contributed by atoms with van der Waals surface area (Å²) in [5.74, 6) is -0.828. The molecular weight excluding hydrogens is 232 g/mol. The van der Waals surface area contributed by atoms with Gasteiger partial charge in [-0.05, 0) is 41.0 Å². The molecule has 5 nitrogen and oxygen atoms in total. The molecule has 2 unspecified atom stereocenters. The Morgan fingerprint density at radius 2 is 1.94 bits per heavy atom. The van der Waals surface area contributed by atoms with E-state index in [0.29, 0.717) is 19.5 Å². The summed E-state index contributed by atoms with van der Waals surface area (Å²) in [4.78, 5) is 25.1. The first-order valence-electron chi connectivity index (χ1n) is 6.35. The fraction of sp³-hybridized carbons (Fsp3) is 0.846. The molecule has 0 radical (unpaired) electrons. The van der Waals surface area contributed by atoms with Crippen molar-refractivity contribution in [3.05, 3.63) is 0 Å². The molecule has 2 N–H and O–H groups in total. The van der Waals surface area contributed by atoms with Crippen molar-refractivity contribution in [1.82, 2.24) is 10.2 Å². The second kappa shape index (κ2) is 4.88. The number of amides is 1. The maximum Gasteiger partial charge on any atom is 0.310 e. The molecule has 0 saturated carbocycles. The average molecular weight is 256 g/mol. The molecule has 1 rings (SSSR count). The van der Waals surface area contributed by atoms with E-state index in [1.54, 1.807) is 6.92 Å². The predicted molar refractivity (Wildman–Crippen MR) is 69.3 cm³/mol. The van der Waals surface area contributed by atoms with Gasteiger partial charge in [0.15, 0.2) is 0 Å². The molecule has 1 heterocycles. The van der Waals surface area contributed by atoms with E-state index in [9.17, 15) is 9.59 Å². The van der Waals surface area contributed by atoms with Crippen molar-refractivity contribution in [3.63, 3.8) is 0 Å². The summed E-state index contributed by atoms with van der Waals surface area (Å²) < 4.78 is 0. The first-order chi connectivity index (χ1) is 8.05. The highest BCUT2D eigenvalue weighted by molar-refractivity contribution is 5.82. The Labute approximate surface area is 109 Å². The van der Waals surface area contributed by atoms with Crippen molar-refractivity contribution in [3.8, 4) is 0 Å². The van der Waals surface area contributed by atoms with Crippen LogP contribution in [-0.2, 0) is 9.59 Å². The molecule has 0 bridgehead atoms. The normalized spacial score (nSPS) is 26.9. The summed E-state index contributed by atoms with van der Waals surface area (Å²) >= 11 is 0. The van der Waals surface area contributed by atoms with Crippen LogP contribution in [0.5, 0.6) is 0 Å². The average Bonchev–Trinajstić information content (AvgIpc) is 2.58. The van der Waals surface area contributed by atoms with E-state index >= 15 is 0 Å². The molecule has 18 heavy (non-hydrogen) atoms. The quantitative estimate of drug-likeness (QED) is 0.793. The zero-order valence-corrected chi connectivity index (χ0v) is 11.9. The minimum Gasteiger partial charge on any atom is -0.481 e. The molecule has 1 amide bonds. The number of aliphatic carboxylic acids is 1. The molecular formula is C13H24N2O3. The van der Waals surface area contributed by atoms with Crippen LogP contribution in [-0.4, -0.2) is 46.6 Å². The van der Waals surface area contributed by atoms with Crippen molar-refractivity contribution >= 4 is 11.9 Å². The Hall–Kier alpha value is -1.10. The monoisotopic (exact) mass is 256 g/mol. The number of hydrogen-bond acceptors (Lipinski definition) is 3. The van der Waals surface area contributed by atoms with Gasteiger partial charge in [0.1, 0.15) is 0 Å². The second-order valence-corrected chi connectivity index (χ2v) is 6.50. The van der Waals surface area contributed by atoms with E-state index in [1.807, 2.05) is 32.6 Å². The third-order valence-corrected chi connectivity index (χ3v) is 3.44. The standard InChI is InChI=1S/C13H24N2O3/c1-9(10(16)14-12(2,3)4)15-7-6-13(5,8-15)11(17)18/h9H,6-8H2,1-5H3,(H,14,16)(H,17,18). The molecule has 0 spiro atoms. The zero-order valence-electron chi connectivity index (χ0n) is 11.9. The Kier molecular flexibility index (Phi) is 4.05. The minimum absolute atomic E-state index is 0.0443. The fourth-order valence-electron chi connectivity index (χ4n) is 2.14. The highest BCUT2D eigenvalue weighted by atomic mass is 16.4. The van der Waals surface area contributed by atoms with E-state index in [4.69, 9.17) is 5.11 Å². The van der Waals surface area contributed by atoms with E-state index in [2.05, 4.69) is 5.32 Å². The van der Waals surface area contributed by atoms with Crippen LogP contribution in [0.15, 0.2) is 0 Å². The van der Waals surface area contributed by atoms with Gasteiger partial charge in [-0.2, -0.15) is 0 Å². The van der Waals surface area contributed by atoms with Crippen LogP contribution in [0.1, 0.15) is 41.0 Å². The number of rotatable bonds is 3. The third-order valence-electron chi connectivity index (χ3n) is 3.44. The van der Waals surface area contributed by atoms with Crippen LogP contribution in [0.4, 0.5) is 0 Å². The van der Waals surface area contributed by atoms with Gasteiger partial charge in [-0.25, -0.2) is 0 Å². The third kappa shape index (κ3) is 3.45. The Morgan fingerprint density at radius 1 is 1.39 bits per heavy atom. The van der Waals surface area contributed by atoms with Crippen molar-refractivity contribution in [1.29, 1.82) is 0 Å². The lowest BCUT2D eigenvalue weighted by molar-refractivity contribution is -0.147. The molecule has 1 fully saturated rings. The van der Waals surface area contributed by atoms with E-state index < -0.39 is 11.4 Å². The van der Waals surface area contributed by atoms with Crippen LogP contribution >= 0.6 is 0 Å². The molecule has 0 aromatic rings. The summed E-state index contributed by atoms with van der Waals surface area (Å²) in [6.07, 6.45) is 0.593. The number of carboxylic acids is 1. The van der Waals surface area contributed by atoms with Crippen LogP contribution in [0.2, 0.25) is 0 Å². The van der Waals surface area contributed by atoms with Crippen LogP contribution in [0.25, 0.3) is 0 Å². The lowest BCUT2D eigenvalue weighted by Gasteiger charge is -2.29. The SMILES string of the molecule is CC(C(=O)NC(C)(C)C)N1CCC(C)(C(=O)O)C1. The molecule has 0 aliphatic carbocycles. The lowest BCUT2D eigenvalue weighted by atomic mass is 9.90. The van der Waals surface area contributed by atoms with Gasteiger partial charge in [0.05, 0.1) is 11.5 Å². The number of nitrogens with zero attached hydrogens (tertiary/aromatic N) is 1. The number of carboxylic acid groups (broad SMARTS) is 1. The highest BCUT2D eigenvalue weighted by Gasteiger charge is 2.43. The molecule has 1 aliphatic rings. The molecule has 2 atom stereocenters. The molecule has 104 valence electrons. The minimum atomic E-state index is -0.784. The van der Waals surface area contributed by atoms with Crippen molar-refractivity contribution in [2.75, 3.05) is 13.1 Å². The van der Waals surface area contributed by atoms with Gasteiger partial charge >= 0.3 is 5.97 Å². The van der Waals surface area contributed by atoms with Crippen LogP contribution in [0.3, 0.4) is 0 Å². The summed E-state index contributed by atoms with van der Waals surface area (Å²) in [5.41, 5.74) is -0.989. The number of carbonyl (C=O) groups excluding carboxylic acids is 1. The smallest absolute Gasteiger partial charge is 0.310 e. The second-order valence-electron chi connectivity index (χ2n) is 6.50. The van der Waals surface area contributed by atoms with Crippen LogP contribution < -0.4 is 5.32 Å². The van der Waals surface area contributed by atoms with Gasteiger partial charge < -0.3 is 10.4 Å². The van der Waals surface area contributed by atoms with E-state index in [0.717, 1.165) is 0 Å². The Balaban J connectivity index is 2.63. The highest BCUT2D eigenvalue weighted by Crippen LogP contribution is 2.31. The fourth-order valence-corrected chi connectivity index (χ4v) is 2.14. The molecule has 5 heteroatoms. The largest absolute Gasteiger partial charge is 0.481 e. The van der Waals surface area contributed by atoms with Crippen LogP contribution in [0, 0.1) is 5.41 Å². The Morgan fingerprint density at radius 3 is 2.33 bits per heavy atom. The maximum absolute atomic E-state index is 12.0. The molecule has 0 aromatic carbocycles. The topological polar surface area (TPSA) is 69.6 Å². The van der Waals surface area contributed by atoms with Crippen molar-refractivity contribution in [2.45, 2.75) is 52.6 Å². The zero-order chi connectivity index (χ0) is 14.1. The first-order valence-corrected chi connectivity index (χ1v) is 6.35. The maximum atomic E-state index is 12.0. The van der Waals surface area contributed by atoms with E-state index in [-0.39, 0.29) is 17.5 Å².